The average molecular weight is 773 g/mol. The van der Waals surface area contributed by atoms with E-state index in [0.717, 1.165) is 0 Å². The van der Waals surface area contributed by atoms with E-state index >= 15 is 0 Å². The second kappa shape index (κ2) is 12.4. The normalized spacial score (nSPS) is 14.4. The Morgan fingerprint density at radius 1 is 0.246 bits per heavy atom. The molecule has 1 saturated carbocycles. The lowest BCUT2D eigenvalue weighted by molar-refractivity contribution is 0.550. The molecule has 0 aromatic heterocycles. The number of hydrogen-bond acceptors (Lipinski definition) is 0. The van der Waals surface area contributed by atoms with Gasteiger partial charge in [0.05, 0.1) is 0 Å². The van der Waals surface area contributed by atoms with Crippen molar-refractivity contribution < 1.29 is 0 Å². The molecule has 0 radical (unpaired) electrons. The third-order valence-corrected chi connectivity index (χ3v) is 14.9. The van der Waals surface area contributed by atoms with Gasteiger partial charge in [0, 0.05) is 5.41 Å². The second-order valence-corrected chi connectivity index (χ2v) is 17.8. The molecule has 0 nitrogen and oxygen atoms in total. The van der Waals surface area contributed by atoms with Crippen molar-refractivity contribution in [2.75, 3.05) is 0 Å². The molecule has 0 N–H and O–H groups in total. The lowest BCUT2D eigenvalue weighted by Crippen LogP contribution is -2.20. The summed E-state index contributed by atoms with van der Waals surface area (Å²) in [6.45, 7) is 0. The van der Waals surface area contributed by atoms with Gasteiger partial charge in [-0.2, -0.15) is 0 Å². The monoisotopic (exact) mass is 772 g/mol. The van der Waals surface area contributed by atoms with E-state index in [1.54, 1.807) is 0 Å². The summed E-state index contributed by atoms with van der Waals surface area (Å²) < 4.78 is 0. The maximum Gasteiger partial charge on any atom is 0.0215 e. The van der Waals surface area contributed by atoms with Crippen LogP contribution in [0.5, 0.6) is 0 Å². The Morgan fingerprint density at radius 2 is 0.541 bits per heavy atom. The van der Waals surface area contributed by atoms with Gasteiger partial charge >= 0.3 is 0 Å². The molecular weight excluding hydrogens is 733 g/mol. The Morgan fingerprint density at radius 3 is 0.918 bits per heavy atom. The van der Waals surface area contributed by atoms with Crippen molar-refractivity contribution in [2.45, 2.75) is 31.1 Å². The summed E-state index contributed by atoms with van der Waals surface area (Å²) in [4.78, 5) is 0. The highest BCUT2D eigenvalue weighted by molar-refractivity contribution is 6.34. The fourth-order valence-electron chi connectivity index (χ4n) is 12.4. The molecular formula is C61H40. The lowest BCUT2D eigenvalue weighted by atomic mass is 9.75. The van der Waals surface area contributed by atoms with E-state index in [-0.39, 0.29) is 5.41 Å². The van der Waals surface area contributed by atoms with E-state index in [0.29, 0.717) is 0 Å². The SMILES string of the molecule is c1ccc2c(c1)c(-c1ccc3c(c1)C1(CCCC1)c1cc(-c4cc5c6ccccc6c6ccccc6c5c5ccccc45)ccc1-3)cc1c3ccccc3c3ccccc3c21. The van der Waals surface area contributed by atoms with Crippen molar-refractivity contribution in [2.24, 2.45) is 0 Å². The minimum atomic E-state index is 0.00177. The molecule has 0 atom stereocenters. The van der Waals surface area contributed by atoms with Gasteiger partial charge in [-0.1, -0.05) is 183 Å². The van der Waals surface area contributed by atoms with Crippen molar-refractivity contribution in [1.29, 1.82) is 0 Å². The topological polar surface area (TPSA) is 0 Å². The van der Waals surface area contributed by atoms with Gasteiger partial charge < -0.3 is 0 Å². The lowest BCUT2D eigenvalue weighted by Gasteiger charge is -2.27. The molecule has 0 aliphatic heterocycles. The Balaban J connectivity index is 0.989. The molecule has 1 spiro atoms. The van der Waals surface area contributed by atoms with Crippen LogP contribution in [-0.4, -0.2) is 0 Å². The fourth-order valence-corrected chi connectivity index (χ4v) is 12.4. The van der Waals surface area contributed by atoms with Crippen molar-refractivity contribution in [3.05, 3.63) is 205 Å². The van der Waals surface area contributed by atoms with Crippen LogP contribution in [0.1, 0.15) is 36.8 Å². The van der Waals surface area contributed by atoms with Gasteiger partial charge in [0.25, 0.3) is 0 Å². The Hall–Kier alpha value is -7.28. The van der Waals surface area contributed by atoms with Crippen molar-refractivity contribution in [3.63, 3.8) is 0 Å². The minimum Gasteiger partial charge on any atom is -0.0616 e. The molecule has 12 aromatic rings. The molecule has 2 aliphatic carbocycles. The Bertz CT molecular complexity index is 3630. The Labute approximate surface area is 354 Å². The summed E-state index contributed by atoms with van der Waals surface area (Å²) in [5.41, 5.74) is 11.1. The van der Waals surface area contributed by atoms with Crippen LogP contribution in [0.3, 0.4) is 0 Å². The first kappa shape index (κ1) is 33.5. The molecule has 0 unspecified atom stereocenters. The van der Waals surface area contributed by atoms with Gasteiger partial charge in [0.2, 0.25) is 0 Å². The van der Waals surface area contributed by atoms with Crippen LogP contribution in [0.25, 0.3) is 120 Å². The molecule has 284 valence electrons. The highest BCUT2D eigenvalue weighted by Crippen LogP contribution is 2.59. The standard InChI is InChI=1S/C61H40/c1-3-19-43-39(15-1)41-17-5-9-23-49(41)59-51-25-11-7-21-45(51)53(35-55(43)59)37-27-29-47-48-30-28-38(34-58(48)61(57(47)33-37)31-13-14-32-61)54-36-56-44-20-4-2-16-40(44)42-18-6-10-24-50(42)60(56)52-26-12-8-22-46(52)54/h1-12,15-30,33-36H,13-14,31-32H2. The number of rotatable bonds is 2. The maximum absolute atomic E-state index is 2.60. The van der Waals surface area contributed by atoms with Crippen LogP contribution in [0.15, 0.2) is 194 Å². The summed E-state index contributed by atoms with van der Waals surface area (Å²) in [5.74, 6) is 0. The van der Waals surface area contributed by atoms with Gasteiger partial charge in [-0.3, -0.25) is 0 Å². The maximum atomic E-state index is 2.60. The van der Waals surface area contributed by atoms with Crippen molar-refractivity contribution >= 4 is 86.2 Å². The van der Waals surface area contributed by atoms with Gasteiger partial charge in [-0.15, -0.1) is 0 Å². The predicted octanol–water partition coefficient (Wildman–Crippen LogP) is 17.1. The average Bonchev–Trinajstić information content (AvgIpc) is 3.94. The Kier molecular flexibility index (Phi) is 6.81. The first-order valence-electron chi connectivity index (χ1n) is 22.1. The molecule has 12 aromatic carbocycles. The van der Waals surface area contributed by atoms with Crippen molar-refractivity contribution in [3.8, 4) is 33.4 Å². The molecule has 0 bridgehead atoms. The van der Waals surface area contributed by atoms with E-state index in [4.69, 9.17) is 0 Å². The van der Waals surface area contributed by atoms with Crippen LogP contribution in [0, 0.1) is 0 Å². The summed E-state index contributed by atoms with van der Waals surface area (Å²) in [6.07, 6.45) is 4.88. The van der Waals surface area contributed by atoms with E-state index in [1.807, 2.05) is 0 Å². The van der Waals surface area contributed by atoms with Crippen LogP contribution in [-0.2, 0) is 5.41 Å². The summed E-state index contributed by atoms with van der Waals surface area (Å²) in [5, 5.41) is 21.2. The van der Waals surface area contributed by atoms with E-state index in [2.05, 4.69) is 194 Å². The van der Waals surface area contributed by atoms with E-state index < -0.39 is 0 Å². The summed E-state index contributed by atoms with van der Waals surface area (Å²) in [6, 6.07) is 74.1. The minimum absolute atomic E-state index is 0.00177. The number of hydrogen-bond donors (Lipinski definition) is 0. The smallest absolute Gasteiger partial charge is 0.0215 e. The molecule has 0 saturated heterocycles. The largest absolute Gasteiger partial charge is 0.0616 e. The molecule has 61 heavy (non-hydrogen) atoms. The summed E-state index contributed by atoms with van der Waals surface area (Å²) >= 11 is 0. The zero-order chi connectivity index (χ0) is 39.8. The second-order valence-electron chi connectivity index (χ2n) is 17.8. The first-order chi connectivity index (χ1) is 30.2. The number of benzene rings is 12. The zero-order valence-corrected chi connectivity index (χ0v) is 33.8. The number of fused-ring (bicyclic) bond motifs is 21. The highest BCUT2D eigenvalue weighted by atomic mass is 14.5. The predicted molar refractivity (Wildman–Crippen MR) is 262 cm³/mol. The van der Waals surface area contributed by atoms with Crippen LogP contribution < -0.4 is 0 Å². The quantitative estimate of drug-likeness (QED) is 0.154. The van der Waals surface area contributed by atoms with Gasteiger partial charge in [-0.25, -0.2) is 0 Å². The first-order valence-corrected chi connectivity index (χ1v) is 22.1. The van der Waals surface area contributed by atoms with Crippen LogP contribution in [0.2, 0.25) is 0 Å². The van der Waals surface area contributed by atoms with Crippen molar-refractivity contribution in [1.82, 2.24) is 0 Å². The van der Waals surface area contributed by atoms with Gasteiger partial charge in [0.1, 0.15) is 0 Å². The van der Waals surface area contributed by atoms with Crippen LogP contribution >= 0.6 is 0 Å². The molecule has 2 aliphatic rings. The van der Waals surface area contributed by atoms with E-state index in [9.17, 15) is 0 Å². The summed E-state index contributed by atoms with van der Waals surface area (Å²) in [7, 11) is 0. The molecule has 0 amide bonds. The van der Waals surface area contributed by atoms with Gasteiger partial charge in [-0.05, 0) is 168 Å². The molecule has 14 rings (SSSR count). The van der Waals surface area contributed by atoms with E-state index in [1.165, 1.54) is 156 Å². The molecule has 0 heteroatoms. The molecule has 1 fully saturated rings. The third kappa shape index (κ3) is 4.49. The molecule has 0 heterocycles. The third-order valence-electron chi connectivity index (χ3n) is 14.9. The fraction of sp³-hybridized carbons (Fsp3) is 0.0820. The van der Waals surface area contributed by atoms with Gasteiger partial charge in [0.15, 0.2) is 0 Å². The zero-order valence-electron chi connectivity index (χ0n) is 33.8. The van der Waals surface area contributed by atoms with Crippen LogP contribution in [0.4, 0.5) is 0 Å². The highest BCUT2D eigenvalue weighted by Gasteiger charge is 2.45.